The van der Waals surface area contributed by atoms with Crippen LogP contribution in [0, 0.1) is 0 Å². The van der Waals surface area contributed by atoms with E-state index in [2.05, 4.69) is 20.9 Å². The third kappa shape index (κ3) is 2.34. The van der Waals surface area contributed by atoms with E-state index in [-0.39, 0.29) is 11.8 Å². The molecular weight excluding hydrogens is 296 g/mol. The summed E-state index contributed by atoms with van der Waals surface area (Å²) in [5, 5.41) is 14.2. The normalized spacial score (nSPS) is 20.0. The molecule has 1 aliphatic heterocycles. The number of methoxy groups -OCH3 is 1. The summed E-state index contributed by atoms with van der Waals surface area (Å²) in [4.78, 5) is 12.5. The van der Waals surface area contributed by atoms with E-state index >= 15 is 0 Å². The Morgan fingerprint density at radius 1 is 1.17 bits per heavy atom. The second-order valence-corrected chi connectivity index (χ2v) is 5.61. The van der Waals surface area contributed by atoms with Crippen LogP contribution >= 0.6 is 0 Å². The van der Waals surface area contributed by atoms with Gasteiger partial charge in [0.05, 0.1) is 13.2 Å². The van der Waals surface area contributed by atoms with Crippen LogP contribution in [0.15, 0.2) is 40.2 Å². The molecule has 0 radical (unpaired) electrons. The Balaban J connectivity index is 1.82. The second kappa shape index (κ2) is 5.42. The number of benzene rings is 1. The van der Waals surface area contributed by atoms with E-state index in [4.69, 9.17) is 9.37 Å². The van der Waals surface area contributed by atoms with Crippen molar-refractivity contribution in [3.63, 3.8) is 0 Å². The minimum atomic E-state index is -0.288. The molecule has 2 aliphatic rings. The third-order valence-electron chi connectivity index (χ3n) is 4.23. The molecule has 2 aromatic rings. The number of rotatable bonds is 2. The van der Waals surface area contributed by atoms with E-state index in [1.54, 1.807) is 7.11 Å². The number of anilines is 2. The van der Waals surface area contributed by atoms with Gasteiger partial charge in [0.25, 0.3) is 0 Å². The number of hydrogen-bond acceptors (Lipinski definition) is 7. The summed E-state index contributed by atoms with van der Waals surface area (Å²) < 4.78 is 10.0. The van der Waals surface area contributed by atoms with Crippen molar-refractivity contribution in [1.82, 2.24) is 10.3 Å². The predicted octanol–water partition coefficient (Wildman–Crippen LogP) is 2.66. The fourth-order valence-electron chi connectivity index (χ4n) is 3.09. The summed E-state index contributed by atoms with van der Waals surface area (Å²) in [6.07, 6.45) is 2.20. The van der Waals surface area contributed by atoms with Gasteiger partial charge in [-0.05, 0) is 40.9 Å². The van der Waals surface area contributed by atoms with Gasteiger partial charge in [-0.1, -0.05) is 12.1 Å². The molecule has 1 aliphatic carbocycles. The van der Waals surface area contributed by atoms with E-state index in [0.29, 0.717) is 18.1 Å². The van der Waals surface area contributed by atoms with E-state index < -0.39 is 0 Å². The fraction of sp³-hybridized carbons (Fsp3) is 0.312. The summed E-state index contributed by atoms with van der Waals surface area (Å²) in [6.45, 7) is 0. The van der Waals surface area contributed by atoms with E-state index in [9.17, 15) is 4.79 Å². The van der Waals surface area contributed by atoms with Gasteiger partial charge in [-0.3, -0.25) is 4.79 Å². The van der Waals surface area contributed by atoms with Crippen molar-refractivity contribution >= 4 is 17.4 Å². The van der Waals surface area contributed by atoms with Crippen LogP contribution in [0.3, 0.4) is 0 Å². The molecule has 0 fully saturated rings. The average Bonchev–Trinajstić information content (AvgIpc) is 2.94. The molecule has 0 spiro atoms. The molecule has 0 amide bonds. The molecule has 4 rings (SSSR count). The van der Waals surface area contributed by atoms with Crippen molar-refractivity contribution in [1.29, 1.82) is 0 Å². The van der Waals surface area contributed by atoms with Crippen LogP contribution < -0.4 is 15.4 Å². The summed E-state index contributed by atoms with van der Waals surface area (Å²) in [5.74, 6) is 1.94. The number of carbonyl (C=O) groups is 1. The molecule has 2 heterocycles. The molecule has 1 atom stereocenters. The molecule has 0 bridgehead atoms. The van der Waals surface area contributed by atoms with Gasteiger partial charge >= 0.3 is 0 Å². The maximum atomic E-state index is 12.5. The topological polar surface area (TPSA) is 89.3 Å². The number of Topliss-reactive ketones (excluding diaryl/α,β-unsaturated/α-hetero) is 1. The highest BCUT2D eigenvalue weighted by molar-refractivity contribution is 6.00. The van der Waals surface area contributed by atoms with Gasteiger partial charge in [-0.15, -0.1) is 0 Å². The molecule has 1 aromatic carbocycles. The van der Waals surface area contributed by atoms with Crippen molar-refractivity contribution in [2.24, 2.45) is 0 Å². The number of ketones is 1. The van der Waals surface area contributed by atoms with Gasteiger partial charge in [0.15, 0.2) is 5.78 Å². The molecule has 2 N–H and O–H groups in total. The van der Waals surface area contributed by atoms with Crippen LogP contribution in [-0.4, -0.2) is 23.2 Å². The lowest BCUT2D eigenvalue weighted by molar-refractivity contribution is -0.116. The number of nitrogens with zero attached hydrogens (tertiary/aromatic N) is 2. The standard InChI is InChI=1S/C16H16N4O3/c1-22-10-7-5-9(6-8-10)14-13-11(3-2-4-12(13)21)17-15-16(18-14)20-23-19-15/h5-8,14H,2-4H2,1H3,(H,17,19)(H,18,20). The van der Waals surface area contributed by atoms with Crippen molar-refractivity contribution < 1.29 is 14.2 Å². The minimum Gasteiger partial charge on any atom is -0.497 e. The summed E-state index contributed by atoms with van der Waals surface area (Å²) in [5.41, 5.74) is 2.61. The Labute approximate surface area is 132 Å². The number of carbonyl (C=O) groups excluding carboxylic acids is 1. The van der Waals surface area contributed by atoms with Gasteiger partial charge in [0.2, 0.25) is 11.6 Å². The Bertz CT molecular complexity index is 779. The Morgan fingerprint density at radius 3 is 2.74 bits per heavy atom. The first kappa shape index (κ1) is 13.8. The van der Waals surface area contributed by atoms with Crippen LogP contribution in [0.1, 0.15) is 30.9 Å². The number of nitrogens with one attached hydrogen (secondary N) is 2. The first-order chi connectivity index (χ1) is 11.3. The van der Waals surface area contributed by atoms with Crippen molar-refractivity contribution in [2.75, 3.05) is 17.7 Å². The molecule has 7 heteroatoms. The maximum absolute atomic E-state index is 12.5. The van der Waals surface area contributed by atoms with Gasteiger partial charge < -0.3 is 15.4 Å². The molecule has 1 aromatic heterocycles. The van der Waals surface area contributed by atoms with E-state index in [0.717, 1.165) is 35.4 Å². The number of hydrogen-bond donors (Lipinski definition) is 2. The Hall–Kier alpha value is -2.83. The molecule has 0 saturated carbocycles. The predicted molar refractivity (Wildman–Crippen MR) is 83.2 cm³/mol. The van der Waals surface area contributed by atoms with Crippen LogP contribution in [0.25, 0.3) is 0 Å². The lowest BCUT2D eigenvalue weighted by Crippen LogP contribution is -2.23. The first-order valence-corrected chi connectivity index (χ1v) is 7.52. The summed E-state index contributed by atoms with van der Waals surface area (Å²) in [6, 6.07) is 7.36. The maximum Gasteiger partial charge on any atom is 0.219 e. The van der Waals surface area contributed by atoms with Crippen molar-refractivity contribution in [3.05, 3.63) is 41.1 Å². The van der Waals surface area contributed by atoms with Gasteiger partial charge in [0.1, 0.15) is 5.75 Å². The molecule has 7 nitrogen and oxygen atoms in total. The largest absolute Gasteiger partial charge is 0.497 e. The van der Waals surface area contributed by atoms with Gasteiger partial charge in [0, 0.05) is 17.7 Å². The Kier molecular flexibility index (Phi) is 3.25. The zero-order valence-corrected chi connectivity index (χ0v) is 12.6. The van der Waals surface area contributed by atoms with Crippen LogP contribution in [0.4, 0.5) is 11.6 Å². The highest BCUT2D eigenvalue weighted by atomic mass is 16.6. The summed E-state index contributed by atoms with van der Waals surface area (Å²) in [7, 11) is 1.63. The lowest BCUT2D eigenvalue weighted by atomic mass is 9.87. The molecule has 0 saturated heterocycles. The molecule has 23 heavy (non-hydrogen) atoms. The molecule has 118 valence electrons. The second-order valence-electron chi connectivity index (χ2n) is 5.61. The van der Waals surface area contributed by atoms with Crippen molar-refractivity contribution in [2.45, 2.75) is 25.3 Å². The quantitative estimate of drug-likeness (QED) is 0.881. The molecule has 1 unspecified atom stereocenters. The van der Waals surface area contributed by atoms with Crippen LogP contribution in [0.5, 0.6) is 5.75 Å². The highest BCUT2D eigenvalue weighted by Crippen LogP contribution is 2.39. The van der Waals surface area contributed by atoms with E-state index in [1.165, 1.54) is 0 Å². The lowest BCUT2D eigenvalue weighted by Gasteiger charge is -2.25. The number of ether oxygens (including phenoxy) is 1. The smallest absolute Gasteiger partial charge is 0.219 e. The third-order valence-corrected chi connectivity index (χ3v) is 4.23. The van der Waals surface area contributed by atoms with Crippen LogP contribution in [-0.2, 0) is 4.79 Å². The zero-order valence-electron chi connectivity index (χ0n) is 12.6. The first-order valence-electron chi connectivity index (χ1n) is 7.52. The highest BCUT2D eigenvalue weighted by Gasteiger charge is 2.33. The number of aromatic nitrogens is 2. The number of allylic oxidation sites excluding steroid dienone is 1. The van der Waals surface area contributed by atoms with Gasteiger partial charge in [-0.25, -0.2) is 4.63 Å². The van der Waals surface area contributed by atoms with E-state index in [1.807, 2.05) is 24.3 Å². The minimum absolute atomic E-state index is 0.147. The average molecular weight is 312 g/mol. The molecular formula is C16H16N4O3. The van der Waals surface area contributed by atoms with Crippen LogP contribution in [0.2, 0.25) is 0 Å². The monoisotopic (exact) mass is 312 g/mol. The Morgan fingerprint density at radius 2 is 1.96 bits per heavy atom. The fourth-order valence-corrected chi connectivity index (χ4v) is 3.09. The van der Waals surface area contributed by atoms with Gasteiger partial charge in [-0.2, -0.15) is 0 Å². The zero-order chi connectivity index (χ0) is 15.8. The number of fused-ring (bicyclic) bond motifs is 1. The van der Waals surface area contributed by atoms with Crippen molar-refractivity contribution in [3.8, 4) is 5.75 Å². The summed E-state index contributed by atoms with van der Waals surface area (Å²) >= 11 is 0. The SMILES string of the molecule is COc1ccc(C2Nc3nonc3NC3=C2C(=O)CCC3)cc1.